The Morgan fingerprint density at radius 1 is 1.00 bits per heavy atom. The van der Waals surface area contributed by atoms with Crippen molar-refractivity contribution in [1.29, 1.82) is 0 Å². The minimum atomic E-state index is 0.0688. The van der Waals surface area contributed by atoms with Crippen LogP contribution < -0.4 is 0 Å². The van der Waals surface area contributed by atoms with Gasteiger partial charge in [-0.2, -0.15) is 0 Å². The lowest BCUT2D eigenvalue weighted by atomic mass is 10.2. The van der Waals surface area contributed by atoms with Crippen molar-refractivity contribution in [3.8, 4) is 0 Å². The first-order chi connectivity index (χ1) is 5.41. The minimum absolute atomic E-state index is 0.0688. The van der Waals surface area contributed by atoms with Crippen LogP contribution in [0.5, 0.6) is 0 Å². The van der Waals surface area contributed by atoms with Crippen LogP contribution in [0.1, 0.15) is 45.4 Å². The van der Waals surface area contributed by atoms with Crippen molar-refractivity contribution >= 4 is 0 Å². The van der Waals surface area contributed by atoms with Gasteiger partial charge in [-0.1, -0.05) is 31.9 Å². The standard InChI is InChI=1S/C10H19O/c1-2-3-4-5-6-7-8-9-10-11/h6-7H,2-5,8-10H2,1H3/b7-6-. The first-order valence-electron chi connectivity index (χ1n) is 4.65. The molecule has 0 saturated heterocycles. The van der Waals surface area contributed by atoms with Crippen molar-refractivity contribution in [3.63, 3.8) is 0 Å². The van der Waals surface area contributed by atoms with Gasteiger partial charge in [0.1, 0.15) is 0 Å². The van der Waals surface area contributed by atoms with Gasteiger partial charge in [-0.15, -0.1) is 0 Å². The van der Waals surface area contributed by atoms with Crippen LogP contribution in [0.3, 0.4) is 0 Å². The summed E-state index contributed by atoms with van der Waals surface area (Å²) in [5.41, 5.74) is 0. The van der Waals surface area contributed by atoms with Gasteiger partial charge < -0.3 is 0 Å². The lowest BCUT2D eigenvalue weighted by Gasteiger charge is -1.91. The van der Waals surface area contributed by atoms with Crippen molar-refractivity contribution in [2.45, 2.75) is 45.4 Å². The molecule has 1 heteroatoms. The van der Waals surface area contributed by atoms with Crippen LogP contribution in [0.4, 0.5) is 0 Å². The van der Waals surface area contributed by atoms with E-state index >= 15 is 0 Å². The van der Waals surface area contributed by atoms with Gasteiger partial charge in [-0.25, -0.2) is 5.11 Å². The van der Waals surface area contributed by atoms with Gasteiger partial charge in [-0.3, -0.25) is 0 Å². The summed E-state index contributed by atoms with van der Waals surface area (Å²) in [6, 6.07) is 0. The molecule has 0 aromatic heterocycles. The SMILES string of the molecule is CCCCC/C=C\CCC[O]. The molecule has 65 valence electrons. The van der Waals surface area contributed by atoms with E-state index in [2.05, 4.69) is 19.1 Å². The molecule has 0 aliphatic heterocycles. The normalized spacial score (nSPS) is 11.1. The summed E-state index contributed by atoms with van der Waals surface area (Å²) in [5, 5.41) is 10.0. The first kappa shape index (κ1) is 10.7. The Kier molecular flexibility index (Phi) is 9.44. The number of unbranched alkanes of at least 4 members (excludes halogenated alkanes) is 4. The molecule has 0 aromatic carbocycles. The van der Waals surface area contributed by atoms with Crippen LogP contribution in [0, 0.1) is 0 Å². The van der Waals surface area contributed by atoms with Crippen LogP contribution in [-0.4, -0.2) is 6.61 Å². The quantitative estimate of drug-likeness (QED) is 0.397. The maximum atomic E-state index is 10.0. The van der Waals surface area contributed by atoms with Crippen molar-refractivity contribution < 1.29 is 5.11 Å². The van der Waals surface area contributed by atoms with E-state index in [0.29, 0.717) is 0 Å². The highest BCUT2D eigenvalue weighted by molar-refractivity contribution is 4.80. The van der Waals surface area contributed by atoms with Gasteiger partial charge in [0.05, 0.1) is 6.61 Å². The van der Waals surface area contributed by atoms with E-state index in [1.807, 2.05) is 0 Å². The Morgan fingerprint density at radius 2 is 1.64 bits per heavy atom. The van der Waals surface area contributed by atoms with E-state index in [-0.39, 0.29) is 6.61 Å². The fourth-order valence-corrected chi connectivity index (χ4v) is 0.949. The summed E-state index contributed by atoms with van der Waals surface area (Å²) in [5.74, 6) is 0. The smallest absolute Gasteiger partial charge is 0.0825 e. The zero-order chi connectivity index (χ0) is 8.36. The van der Waals surface area contributed by atoms with Crippen molar-refractivity contribution in [2.75, 3.05) is 6.61 Å². The monoisotopic (exact) mass is 155 g/mol. The molecule has 0 atom stereocenters. The largest absolute Gasteiger partial charge is 0.237 e. The Morgan fingerprint density at radius 3 is 2.18 bits per heavy atom. The van der Waals surface area contributed by atoms with Crippen molar-refractivity contribution in [1.82, 2.24) is 0 Å². The minimum Gasteiger partial charge on any atom is -0.237 e. The Labute approximate surface area is 70.1 Å². The van der Waals surface area contributed by atoms with E-state index in [1.54, 1.807) is 0 Å². The third-order valence-electron chi connectivity index (χ3n) is 1.66. The molecule has 0 aliphatic rings. The summed E-state index contributed by atoms with van der Waals surface area (Å²) in [6.45, 7) is 2.28. The van der Waals surface area contributed by atoms with Gasteiger partial charge >= 0.3 is 0 Å². The summed E-state index contributed by atoms with van der Waals surface area (Å²) in [6.07, 6.45) is 11.2. The zero-order valence-corrected chi connectivity index (χ0v) is 7.51. The average molecular weight is 155 g/mol. The molecule has 0 aromatic rings. The van der Waals surface area contributed by atoms with E-state index in [1.165, 1.54) is 25.7 Å². The maximum Gasteiger partial charge on any atom is 0.0825 e. The second kappa shape index (κ2) is 9.70. The lowest BCUT2D eigenvalue weighted by Crippen LogP contribution is -1.76. The van der Waals surface area contributed by atoms with Gasteiger partial charge in [0.2, 0.25) is 0 Å². The molecule has 0 amide bonds. The van der Waals surface area contributed by atoms with E-state index < -0.39 is 0 Å². The van der Waals surface area contributed by atoms with Gasteiger partial charge in [0.15, 0.2) is 0 Å². The molecule has 0 rings (SSSR count). The predicted molar refractivity (Wildman–Crippen MR) is 48.1 cm³/mol. The predicted octanol–water partition coefficient (Wildman–Crippen LogP) is 3.33. The molecule has 0 heterocycles. The molecule has 0 bridgehead atoms. The fraction of sp³-hybridized carbons (Fsp3) is 0.800. The Hall–Kier alpha value is -0.300. The molecule has 11 heavy (non-hydrogen) atoms. The topological polar surface area (TPSA) is 19.9 Å². The second-order valence-electron chi connectivity index (χ2n) is 2.81. The number of allylic oxidation sites excluding steroid dienone is 2. The lowest BCUT2D eigenvalue weighted by molar-refractivity contribution is 0.190. The number of rotatable bonds is 7. The molecular weight excluding hydrogens is 136 g/mol. The van der Waals surface area contributed by atoms with Gasteiger partial charge in [0, 0.05) is 0 Å². The Balaban J connectivity index is 2.91. The summed E-state index contributed by atoms with van der Waals surface area (Å²) in [7, 11) is 0. The first-order valence-corrected chi connectivity index (χ1v) is 4.65. The maximum absolute atomic E-state index is 10.0. The molecule has 1 nitrogen and oxygen atoms in total. The molecule has 0 N–H and O–H groups in total. The summed E-state index contributed by atoms with van der Waals surface area (Å²) in [4.78, 5) is 0. The van der Waals surface area contributed by atoms with Crippen molar-refractivity contribution in [3.05, 3.63) is 12.2 Å². The molecule has 0 saturated carbocycles. The van der Waals surface area contributed by atoms with Crippen molar-refractivity contribution in [2.24, 2.45) is 0 Å². The second-order valence-corrected chi connectivity index (χ2v) is 2.81. The van der Waals surface area contributed by atoms with E-state index in [9.17, 15) is 5.11 Å². The van der Waals surface area contributed by atoms with Crippen LogP contribution >= 0.6 is 0 Å². The van der Waals surface area contributed by atoms with Gasteiger partial charge in [0.25, 0.3) is 0 Å². The van der Waals surface area contributed by atoms with E-state index in [4.69, 9.17) is 0 Å². The average Bonchev–Trinajstić information content (AvgIpc) is 2.03. The summed E-state index contributed by atoms with van der Waals surface area (Å²) < 4.78 is 0. The third-order valence-corrected chi connectivity index (χ3v) is 1.66. The highest BCUT2D eigenvalue weighted by Gasteiger charge is 1.82. The highest BCUT2D eigenvalue weighted by Crippen LogP contribution is 2.00. The molecular formula is C10H19O. The third kappa shape index (κ3) is 9.70. The van der Waals surface area contributed by atoms with Crippen LogP contribution in [-0.2, 0) is 5.11 Å². The molecule has 1 radical (unpaired) electrons. The Bertz CT molecular complexity index is 86.9. The number of hydrogen-bond donors (Lipinski definition) is 0. The molecule has 0 aliphatic carbocycles. The van der Waals surface area contributed by atoms with E-state index in [0.717, 1.165) is 12.8 Å². The molecule has 0 fully saturated rings. The van der Waals surface area contributed by atoms with Gasteiger partial charge in [-0.05, 0) is 25.7 Å². The zero-order valence-electron chi connectivity index (χ0n) is 7.51. The van der Waals surface area contributed by atoms with Crippen LogP contribution in [0.15, 0.2) is 12.2 Å². The fourth-order valence-electron chi connectivity index (χ4n) is 0.949. The molecule has 0 unspecified atom stereocenters. The van der Waals surface area contributed by atoms with Crippen LogP contribution in [0.25, 0.3) is 0 Å². The summed E-state index contributed by atoms with van der Waals surface area (Å²) >= 11 is 0. The number of hydrogen-bond acceptors (Lipinski definition) is 0. The highest BCUT2D eigenvalue weighted by atomic mass is 16.2. The van der Waals surface area contributed by atoms with Crippen LogP contribution in [0.2, 0.25) is 0 Å². The molecule has 0 spiro atoms.